The van der Waals surface area contributed by atoms with Crippen molar-refractivity contribution in [1.29, 1.82) is 0 Å². The zero-order valence-electron chi connectivity index (χ0n) is 15.4. The van der Waals surface area contributed by atoms with Gasteiger partial charge < -0.3 is 4.74 Å². The van der Waals surface area contributed by atoms with E-state index in [1.807, 2.05) is 20.8 Å². The van der Waals surface area contributed by atoms with Gasteiger partial charge in [0.05, 0.1) is 0 Å². The highest BCUT2D eigenvalue weighted by atomic mass is 16.6. The third kappa shape index (κ3) is 12.8. The van der Waals surface area contributed by atoms with Crippen LogP contribution < -0.4 is 0 Å². The predicted octanol–water partition coefficient (Wildman–Crippen LogP) is 5.45. The van der Waals surface area contributed by atoms with Crippen LogP contribution in [0.25, 0.3) is 0 Å². The van der Waals surface area contributed by atoms with E-state index >= 15 is 0 Å². The van der Waals surface area contributed by atoms with Crippen molar-refractivity contribution in [3.8, 4) is 0 Å². The molecule has 0 unspecified atom stereocenters. The molecule has 0 saturated heterocycles. The van der Waals surface area contributed by atoms with Crippen molar-refractivity contribution in [1.82, 2.24) is 0 Å². The predicted molar refractivity (Wildman–Crippen MR) is 91.9 cm³/mol. The van der Waals surface area contributed by atoms with Gasteiger partial charge in [-0.1, -0.05) is 40.0 Å². The van der Waals surface area contributed by atoms with Gasteiger partial charge in [-0.05, 0) is 45.4 Å². The zero-order valence-corrected chi connectivity index (χ0v) is 15.4. The Hall–Kier alpha value is -0.860. The maximum atomic E-state index is 11.9. The molecular weight excluding hydrogens is 276 g/mol. The van der Waals surface area contributed by atoms with Crippen molar-refractivity contribution in [3.05, 3.63) is 0 Å². The fraction of sp³-hybridized carbons (Fsp3) is 0.895. The number of ether oxygens (including phenoxy) is 1. The van der Waals surface area contributed by atoms with Crippen molar-refractivity contribution in [3.63, 3.8) is 0 Å². The molecule has 0 aliphatic heterocycles. The molecule has 0 aromatic heterocycles. The second-order valence-electron chi connectivity index (χ2n) is 7.33. The number of hydrogen-bond acceptors (Lipinski definition) is 3. The van der Waals surface area contributed by atoms with Gasteiger partial charge in [0.2, 0.25) is 0 Å². The summed E-state index contributed by atoms with van der Waals surface area (Å²) in [6.45, 7) is 10.3. The maximum Gasteiger partial charge on any atom is 0.306 e. The van der Waals surface area contributed by atoms with Crippen LogP contribution in [-0.2, 0) is 14.3 Å². The Labute approximate surface area is 137 Å². The van der Waals surface area contributed by atoms with Crippen molar-refractivity contribution >= 4 is 11.8 Å². The normalized spacial score (nSPS) is 11.7. The molecule has 3 nitrogen and oxygen atoms in total. The Kier molecular flexibility index (Phi) is 11.2. The number of carbonyl (C=O) groups excluding carboxylic acids is 2. The summed E-state index contributed by atoms with van der Waals surface area (Å²) in [5, 5.41) is 0. The third-order valence-electron chi connectivity index (χ3n) is 3.93. The molecule has 0 aliphatic carbocycles. The Morgan fingerprint density at radius 1 is 0.955 bits per heavy atom. The number of esters is 1. The molecule has 3 heteroatoms. The zero-order chi connectivity index (χ0) is 17.0. The van der Waals surface area contributed by atoms with Gasteiger partial charge in [-0.15, -0.1) is 0 Å². The summed E-state index contributed by atoms with van der Waals surface area (Å²) >= 11 is 0. The van der Waals surface area contributed by atoms with Gasteiger partial charge in [-0.2, -0.15) is 0 Å². The molecule has 0 fully saturated rings. The smallest absolute Gasteiger partial charge is 0.306 e. The lowest BCUT2D eigenvalue weighted by molar-refractivity contribution is -0.157. The minimum atomic E-state index is -0.348. The Bertz CT molecular complexity index is 319. The molecule has 0 N–H and O–H groups in total. The SMILES string of the molecule is CCC(=O)CCCCCCC(=O)OC(C)(C)CCCC(C)C. The van der Waals surface area contributed by atoms with Gasteiger partial charge in [-0.25, -0.2) is 0 Å². The largest absolute Gasteiger partial charge is 0.460 e. The molecule has 0 amide bonds. The number of rotatable bonds is 13. The van der Waals surface area contributed by atoms with E-state index in [2.05, 4.69) is 13.8 Å². The molecule has 0 heterocycles. The van der Waals surface area contributed by atoms with E-state index in [0.717, 1.165) is 38.5 Å². The fourth-order valence-corrected chi connectivity index (χ4v) is 2.47. The lowest BCUT2D eigenvalue weighted by Gasteiger charge is -2.25. The van der Waals surface area contributed by atoms with Crippen LogP contribution in [0.2, 0.25) is 0 Å². The minimum Gasteiger partial charge on any atom is -0.460 e. The second-order valence-corrected chi connectivity index (χ2v) is 7.33. The van der Waals surface area contributed by atoms with Crippen LogP contribution in [0.15, 0.2) is 0 Å². The minimum absolute atomic E-state index is 0.0841. The van der Waals surface area contributed by atoms with Crippen molar-refractivity contribution in [2.45, 2.75) is 104 Å². The lowest BCUT2D eigenvalue weighted by atomic mass is 9.97. The number of carbonyl (C=O) groups is 2. The first-order chi connectivity index (χ1) is 10.3. The molecule has 0 bridgehead atoms. The van der Waals surface area contributed by atoms with Crippen LogP contribution in [0.3, 0.4) is 0 Å². The van der Waals surface area contributed by atoms with E-state index in [9.17, 15) is 9.59 Å². The topological polar surface area (TPSA) is 43.4 Å². The fourth-order valence-electron chi connectivity index (χ4n) is 2.47. The molecule has 0 aromatic rings. The summed E-state index contributed by atoms with van der Waals surface area (Å²) in [5.74, 6) is 0.952. The maximum absolute atomic E-state index is 11.9. The molecular formula is C19H36O3. The molecule has 0 aliphatic rings. The van der Waals surface area contributed by atoms with E-state index < -0.39 is 0 Å². The standard InChI is InChI=1S/C19H36O3/c1-6-17(20)13-9-7-8-10-14-18(21)22-19(4,5)15-11-12-16(2)3/h16H,6-15H2,1-5H3. The lowest BCUT2D eigenvalue weighted by Crippen LogP contribution is -2.28. The van der Waals surface area contributed by atoms with E-state index in [4.69, 9.17) is 4.74 Å². The second kappa shape index (κ2) is 11.7. The summed E-state index contributed by atoms with van der Waals surface area (Å²) in [7, 11) is 0. The summed E-state index contributed by atoms with van der Waals surface area (Å²) in [4.78, 5) is 23.0. The Balaban J connectivity index is 3.68. The van der Waals surface area contributed by atoms with E-state index in [1.54, 1.807) is 0 Å². The first-order valence-corrected chi connectivity index (χ1v) is 9.00. The number of hydrogen-bond donors (Lipinski definition) is 0. The summed E-state index contributed by atoms with van der Waals surface area (Å²) in [5.41, 5.74) is -0.348. The third-order valence-corrected chi connectivity index (χ3v) is 3.93. The summed E-state index contributed by atoms with van der Waals surface area (Å²) < 4.78 is 5.59. The van der Waals surface area contributed by atoms with E-state index in [-0.39, 0.29) is 11.6 Å². The number of unbranched alkanes of at least 4 members (excludes halogenated alkanes) is 3. The molecule has 0 spiro atoms. The molecule has 0 saturated carbocycles. The van der Waals surface area contributed by atoms with Gasteiger partial charge in [0.1, 0.15) is 11.4 Å². The monoisotopic (exact) mass is 312 g/mol. The molecule has 130 valence electrons. The van der Waals surface area contributed by atoms with Gasteiger partial charge in [0.15, 0.2) is 0 Å². The van der Waals surface area contributed by atoms with Crippen molar-refractivity contribution < 1.29 is 14.3 Å². The Morgan fingerprint density at radius 2 is 1.55 bits per heavy atom. The van der Waals surface area contributed by atoms with E-state index in [1.165, 1.54) is 6.42 Å². The molecule has 0 radical (unpaired) electrons. The van der Waals surface area contributed by atoms with Gasteiger partial charge in [-0.3, -0.25) is 9.59 Å². The van der Waals surface area contributed by atoms with Gasteiger partial charge >= 0.3 is 5.97 Å². The highest BCUT2D eigenvalue weighted by Crippen LogP contribution is 2.21. The van der Waals surface area contributed by atoms with Gasteiger partial charge in [0, 0.05) is 19.3 Å². The van der Waals surface area contributed by atoms with Gasteiger partial charge in [0.25, 0.3) is 0 Å². The van der Waals surface area contributed by atoms with Crippen LogP contribution >= 0.6 is 0 Å². The average molecular weight is 312 g/mol. The first-order valence-electron chi connectivity index (χ1n) is 9.00. The number of Topliss-reactive ketones (excluding diaryl/α,β-unsaturated/α-hetero) is 1. The van der Waals surface area contributed by atoms with Crippen LogP contribution in [0.4, 0.5) is 0 Å². The molecule has 0 aromatic carbocycles. The number of ketones is 1. The summed E-state index contributed by atoms with van der Waals surface area (Å²) in [6, 6.07) is 0. The first kappa shape index (κ1) is 21.1. The molecule has 22 heavy (non-hydrogen) atoms. The molecule has 0 rings (SSSR count). The molecule has 0 atom stereocenters. The van der Waals surface area contributed by atoms with Crippen LogP contribution in [0.5, 0.6) is 0 Å². The van der Waals surface area contributed by atoms with Crippen molar-refractivity contribution in [2.24, 2.45) is 5.92 Å². The highest BCUT2D eigenvalue weighted by Gasteiger charge is 2.22. The van der Waals surface area contributed by atoms with Crippen molar-refractivity contribution in [2.75, 3.05) is 0 Å². The Morgan fingerprint density at radius 3 is 2.09 bits per heavy atom. The van der Waals surface area contributed by atoms with E-state index in [0.29, 0.717) is 31.0 Å². The van der Waals surface area contributed by atoms with Crippen LogP contribution in [0.1, 0.15) is 98.8 Å². The highest BCUT2D eigenvalue weighted by molar-refractivity contribution is 5.77. The van der Waals surface area contributed by atoms with Crippen LogP contribution in [0, 0.1) is 5.92 Å². The average Bonchev–Trinajstić information content (AvgIpc) is 2.40. The van der Waals surface area contributed by atoms with Crippen LogP contribution in [-0.4, -0.2) is 17.4 Å². The summed E-state index contributed by atoms with van der Waals surface area (Å²) in [6.07, 6.45) is 8.86. The quantitative estimate of drug-likeness (QED) is 0.335.